The number of hydrogen-bond acceptors (Lipinski definition) is 5. The summed E-state index contributed by atoms with van der Waals surface area (Å²) >= 11 is 0. The van der Waals surface area contributed by atoms with Gasteiger partial charge in [-0.2, -0.15) is 4.98 Å². The molecule has 1 aromatic carbocycles. The van der Waals surface area contributed by atoms with E-state index in [2.05, 4.69) is 44.0 Å². The van der Waals surface area contributed by atoms with Crippen LogP contribution in [0.4, 0.5) is 0 Å². The maximum Gasteiger partial charge on any atom is 0.232 e. The number of nitrogens with one attached hydrogen (secondary N) is 2. The molecule has 2 aromatic rings. The quantitative estimate of drug-likeness (QED) is 0.600. The highest BCUT2D eigenvalue weighted by Crippen LogP contribution is 2.25. The van der Waals surface area contributed by atoms with E-state index in [4.69, 9.17) is 9.26 Å². The van der Waals surface area contributed by atoms with Crippen LogP contribution in [0.15, 0.2) is 27.7 Å². The smallest absolute Gasteiger partial charge is 0.232 e. The molecule has 1 aromatic heterocycles. The predicted octanol–water partition coefficient (Wildman–Crippen LogP) is 2.60. The number of fused-ring (bicyclic) bond motifs is 1. The average molecular weight is 371 g/mol. The molecular weight excluding hydrogens is 342 g/mol. The number of hydrogen-bond donors (Lipinski definition) is 2. The Bertz CT molecular complexity index is 792. The van der Waals surface area contributed by atoms with Crippen molar-refractivity contribution >= 4 is 5.96 Å². The summed E-state index contributed by atoms with van der Waals surface area (Å²) in [6.45, 7) is 10.9. The molecule has 1 aliphatic heterocycles. The molecule has 3 rings (SSSR count). The molecule has 27 heavy (non-hydrogen) atoms. The first-order valence-corrected chi connectivity index (χ1v) is 9.55. The second-order valence-electron chi connectivity index (χ2n) is 7.68. The van der Waals surface area contributed by atoms with Gasteiger partial charge in [0.1, 0.15) is 12.3 Å². The van der Waals surface area contributed by atoms with Gasteiger partial charge in [-0.15, -0.1) is 0 Å². The van der Waals surface area contributed by atoms with E-state index in [1.807, 2.05) is 27.7 Å². The molecule has 0 unspecified atom stereocenters. The predicted molar refractivity (Wildman–Crippen MR) is 105 cm³/mol. The van der Waals surface area contributed by atoms with Gasteiger partial charge < -0.3 is 19.9 Å². The van der Waals surface area contributed by atoms with Gasteiger partial charge in [0, 0.05) is 24.9 Å². The number of aliphatic imine (C=N–C) groups is 1. The number of ether oxygens (including phenoxy) is 1. The van der Waals surface area contributed by atoms with Crippen molar-refractivity contribution in [3.05, 3.63) is 41.0 Å². The fourth-order valence-electron chi connectivity index (χ4n) is 2.83. The zero-order valence-electron chi connectivity index (χ0n) is 16.6. The fraction of sp³-hybridized carbons (Fsp3) is 0.550. The molecule has 146 valence electrons. The van der Waals surface area contributed by atoms with Crippen LogP contribution in [0.25, 0.3) is 0 Å². The minimum absolute atomic E-state index is 0.154. The highest BCUT2D eigenvalue weighted by molar-refractivity contribution is 5.79. The summed E-state index contributed by atoms with van der Waals surface area (Å²) in [5.74, 6) is 3.00. The topological polar surface area (TPSA) is 84.6 Å². The molecule has 0 bridgehead atoms. The van der Waals surface area contributed by atoms with E-state index < -0.39 is 0 Å². The zero-order chi connectivity index (χ0) is 19.3. The summed E-state index contributed by atoms with van der Waals surface area (Å²) in [6, 6.07) is 6.44. The Kier molecular flexibility index (Phi) is 5.98. The highest BCUT2D eigenvalue weighted by Gasteiger charge is 2.21. The number of nitrogens with zero attached hydrogens (tertiary/aromatic N) is 3. The number of guanidine groups is 1. The summed E-state index contributed by atoms with van der Waals surface area (Å²) in [5.41, 5.74) is 2.45. The molecule has 0 aliphatic carbocycles. The minimum atomic E-state index is -0.154. The Balaban J connectivity index is 1.54. The summed E-state index contributed by atoms with van der Waals surface area (Å²) in [7, 11) is 0. The third kappa shape index (κ3) is 5.21. The Morgan fingerprint density at radius 3 is 2.85 bits per heavy atom. The van der Waals surface area contributed by atoms with E-state index in [9.17, 15) is 0 Å². The van der Waals surface area contributed by atoms with Crippen LogP contribution >= 0.6 is 0 Å². The summed E-state index contributed by atoms with van der Waals surface area (Å²) < 4.78 is 10.9. The lowest BCUT2D eigenvalue weighted by molar-refractivity contribution is 0.318. The molecule has 2 heterocycles. The normalized spacial score (nSPS) is 14.0. The van der Waals surface area contributed by atoms with Crippen LogP contribution in [-0.2, 0) is 24.8 Å². The third-order valence-electron chi connectivity index (χ3n) is 4.29. The van der Waals surface area contributed by atoms with Crippen molar-refractivity contribution in [1.82, 2.24) is 20.8 Å². The van der Waals surface area contributed by atoms with Crippen LogP contribution in [0.2, 0.25) is 0 Å². The lowest BCUT2D eigenvalue weighted by Crippen LogP contribution is -2.38. The third-order valence-corrected chi connectivity index (χ3v) is 4.29. The summed E-state index contributed by atoms with van der Waals surface area (Å²) in [4.78, 5) is 8.98. The van der Waals surface area contributed by atoms with Crippen molar-refractivity contribution in [3.8, 4) is 5.75 Å². The first-order valence-electron chi connectivity index (χ1n) is 9.55. The number of rotatable bonds is 6. The molecule has 0 atom stereocenters. The Hall–Kier alpha value is -2.57. The van der Waals surface area contributed by atoms with Crippen LogP contribution in [-0.4, -0.2) is 35.8 Å². The van der Waals surface area contributed by atoms with Crippen molar-refractivity contribution in [2.45, 2.75) is 52.5 Å². The lowest BCUT2D eigenvalue weighted by Gasteiger charge is -2.11. The van der Waals surface area contributed by atoms with Gasteiger partial charge in [0.2, 0.25) is 5.89 Å². The molecule has 1 aliphatic rings. The fourth-order valence-corrected chi connectivity index (χ4v) is 2.83. The van der Waals surface area contributed by atoms with Gasteiger partial charge in [0.25, 0.3) is 0 Å². The van der Waals surface area contributed by atoms with E-state index >= 15 is 0 Å². The number of aromatic nitrogens is 2. The van der Waals surface area contributed by atoms with Gasteiger partial charge in [-0.05, 0) is 30.5 Å². The molecule has 0 saturated heterocycles. The second kappa shape index (κ2) is 8.41. The first kappa shape index (κ1) is 19.2. The van der Waals surface area contributed by atoms with E-state index in [0.717, 1.165) is 44.2 Å². The van der Waals surface area contributed by atoms with Gasteiger partial charge >= 0.3 is 0 Å². The van der Waals surface area contributed by atoms with Crippen molar-refractivity contribution in [2.75, 3.05) is 19.7 Å². The van der Waals surface area contributed by atoms with Crippen molar-refractivity contribution in [3.63, 3.8) is 0 Å². The second-order valence-corrected chi connectivity index (χ2v) is 7.68. The highest BCUT2D eigenvalue weighted by atomic mass is 16.5. The Morgan fingerprint density at radius 1 is 1.26 bits per heavy atom. The first-order chi connectivity index (χ1) is 13.0. The molecule has 0 saturated carbocycles. The molecular formula is C20H29N5O2. The molecule has 2 N–H and O–H groups in total. The van der Waals surface area contributed by atoms with Crippen LogP contribution in [0.5, 0.6) is 5.75 Å². The molecule has 0 fully saturated rings. The summed E-state index contributed by atoms with van der Waals surface area (Å²) in [6.07, 6.45) is 1.93. The largest absolute Gasteiger partial charge is 0.493 e. The van der Waals surface area contributed by atoms with E-state index in [1.54, 1.807) is 0 Å². The van der Waals surface area contributed by atoms with Gasteiger partial charge in [-0.1, -0.05) is 38.1 Å². The monoisotopic (exact) mass is 371 g/mol. The van der Waals surface area contributed by atoms with E-state index in [-0.39, 0.29) is 5.41 Å². The van der Waals surface area contributed by atoms with Crippen molar-refractivity contribution in [1.29, 1.82) is 0 Å². The minimum Gasteiger partial charge on any atom is -0.493 e. The maximum absolute atomic E-state index is 5.56. The van der Waals surface area contributed by atoms with E-state index in [1.165, 1.54) is 11.1 Å². The van der Waals surface area contributed by atoms with Gasteiger partial charge in [0.05, 0.1) is 6.61 Å². The molecule has 7 nitrogen and oxygen atoms in total. The van der Waals surface area contributed by atoms with Crippen LogP contribution in [0.3, 0.4) is 0 Å². The van der Waals surface area contributed by atoms with Crippen LogP contribution in [0, 0.1) is 0 Å². The SMILES string of the molecule is CCNC(=NCc1noc(C(C)(C)C)n1)NCCc1ccc2c(c1)CCO2. The average Bonchev–Trinajstić information content (AvgIpc) is 3.28. The maximum atomic E-state index is 5.56. The van der Waals surface area contributed by atoms with Crippen LogP contribution in [0.1, 0.15) is 50.5 Å². The van der Waals surface area contributed by atoms with Crippen molar-refractivity contribution in [2.24, 2.45) is 4.99 Å². The van der Waals surface area contributed by atoms with Crippen LogP contribution < -0.4 is 15.4 Å². The lowest BCUT2D eigenvalue weighted by atomic mass is 9.97. The molecule has 0 radical (unpaired) electrons. The van der Waals surface area contributed by atoms with Crippen molar-refractivity contribution < 1.29 is 9.26 Å². The standard InChI is InChI=1S/C20H29N5O2/c1-5-21-19(23-13-17-24-18(27-25-17)20(2,3)4)22-10-8-14-6-7-16-15(12-14)9-11-26-16/h6-7,12H,5,8-11,13H2,1-4H3,(H2,21,22,23). The Labute approximate surface area is 160 Å². The molecule has 7 heteroatoms. The number of benzene rings is 1. The molecule has 0 spiro atoms. The Morgan fingerprint density at radius 2 is 2.11 bits per heavy atom. The zero-order valence-corrected chi connectivity index (χ0v) is 16.6. The van der Waals surface area contributed by atoms with E-state index in [0.29, 0.717) is 18.3 Å². The summed E-state index contributed by atoms with van der Waals surface area (Å²) in [5, 5.41) is 10.6. The van der Waals surface area contributed by atoms with Gasteiger partial charge in [0.15, 0.2) is 11.8 Å². The van der Waals surface area contributed by atoms with Gasteiger partial charge in [-0.3, -0.25) is 0 Å². The molecule has 0 amide bonds. The van der Waals surface area contributed by atoms with Gasteiger partial charge in [-0.25, -0.2) is 4.99 Å².